The van der Waals surface area contributed by atoms with E-state index in [1.807, 2.05) is 61.5 Å². The van der Waals surface area contributed by atoms with Crippen LogP contribution in [0.3, 0.4) is 0 Å². The lowest BCUT2D eigenvalue weighted by atomic mass is 9.82. The molecule has 2 bridgehead atoms. The molecule has 0 saturated carbocycles. The summed E-state index contributed by atoms with van der Waals surface area (Å²) in [6.45, 7) is 6.04. The highest BCUT2D eigenvalue weighted by atomic mass is 79.9. The van der Waals surface area contributed by atoms with E-state index >= 15 is 0 Å². The van der Waals surface area contributed by atoms with Crippen molar-refractivity contribution in [1.82, 2.24) is 10.4 Å². The molecule has 196 valence electrons. The number of halogens is 1. The molecule has 3 fully saturated rings. The van der Waals surface area contributed by atoms with Crippen molar-refractivity contribution in [3.05, 3.63) is 71.6 Å². The molecule has 8 nitrogen and oxygen atoms in total. The van der Waals surface area contributed by atoms with E-state index in [4.69, 9.17) is 14.3 Å². The summed E-state index contributed by atoms with van der Waals surface area (Å²) in [5.41, 5.74) is 1.66. The van der Waals surface area contributed by atoms with Gasteiger partial charge in [-0.1, -0.05) is 36.4 Å². The van der Waals surface area contributed by atoms with Gasteiger partial charge in [0.05, 0.1) is 19.7 Å². The normalized spacial score (nSPS) is 25.8. The van der Waals surface area contributed by atoms with E-state index in [1.165, 1.54) is 0 Å². The fraction of sp³-hybridized carbons (Fsp3) is 0.429. The first-order valence-electron chi connectivity index (χ1n) is 12.9. The van der Waals surface area contributed by atoms with E-state index in [0.29, 0.717) is 54.0 Å². The minimum Gasteiger partial charge on any atom is -1.00 e. The number of hydroxylamine groups is 2. The van der Waals surface area contributed by atoms with Gasteiger partial charge in [0.2, 0.25) is 0 Å². The molecular weight excluding hydrogens is 538 g/mol. The number of amides is 1. The minimum atomic E-state index is -0.521. The van der Waals surface area contributed by atoms with Crippen molar-refractivity contribution in [2.75, 3.05) is 39.3 Å². The molecule has 1 N–H and O–H groups in total. The van der Waals surface area contributed by atoms with Gasteiger partial charge in [-0.05, 0) is 25.1 Å². The molecule has 0 unspecified atom stereocenters. The number of carbonyl (C=O) groups excluding carboxylic acids is 2. The summed E-state index contributed by atoms with van der Waals surface area (Å²) in [7, 11) is 0. The highest BCUT2D eigenvalue weighted by Crippen LogP contribution is 2.45. The fourth-order valence-corrected chi connectivity index (χ4v) is 6.20. The Balaban J connectivity index is 0.00000280. The average molecular weight is 570 g/mol. The van der Waals surface area contributed by atoms with Crippen molar-refractivity contribution in [1.29, 1.82) is 0 Å². The predicted octanol–water partition coefficient (Wildman–Crippen LogP) is 0.305. The van der Waals surface area contributed by atoms with Gasteiger partial charge in [0.25, 0.3) is 5.91 Å². The second-order valence-electron chi connectivity index (χ2n) is 10.2. The minimum absolute atomic E-state index is 0. The van der Waals surface area contributed by atoms with Crippen LogP contribution in [0.4, 0.5) is 0 Å². The van der Waals surface area contributed by atoms with Gasteiger partial charge in [-0.3, -0.25) is 14.4 Å². The van der Waals surface area contributed by atoms with Gasteiger partial charge >= 0.3 is 5.97 Å². The Kier molecular flexibility index (Phi) is 7.29. The topological polar surface area (TPSA) is 77.1 Å². The van der Waals surface area contributed by atoms with Crippen molar-refractivity contribution in [2.24, 2.45) is 5.92 Å². The van der Waals surface area contributed by atoms with Crippen molar-refractivity contribution < 1.29 is 45.4 Å². The number of nitrogens with zero attached hydrogens (tertiary/aromatic N) is 2. The number of piperidine rings is 3. The molecule has 5 aliphatic heterocycles. The van der Waals surface area contributed by atoms with Crippen molar-refractivity contribution >= 4 is 11.9 Å². The van der Waals surface area contributed by atoms with Gasteiger partial charge in [0.15, 0.2) is 12.6 Å². The lowest BCUT2D eigenvalue weighted by Gasteiger charge is -2.51. The molecule has 2 aromatic rings. The fourth-order valence-electron chi connectivity index (χ4n) is 6.20. The number of hydrogen-bond acceptors (Lipinski definition) is 6. The number of benzene rings is 2. The standard InChI is InChI=1S/C28H31N3O5.BrH/c1-2-30-25(13-16-34-30)29-26(32)18-31-14-11-19(12-15-31)24(17-31)36-28(33)27-20-7-3-5-9-22(20)35-23-10-6-4-8-21(23)27;/h3-10,13,19,24,27H,2,11-12,14-18H2,1H3;1H/t19?,24-,31?;/m0./s1. The molecule has 0 aromatic heterocycles. The Morgan fingerprint density at radius 1 is 1.05 bits per heavy atom. The van der Waals surface area contributed by atoms with Crippen LogP contribution in [0, 0.1) is 5.92 Å². The number of nitrogens with one attached hydrogen (secondary N) is 1. The molecule has 3 saturated heterocycles. The van der Waals surface area contributed by atoms with Crippen molar-refractivity contribution in [3.63, 3.8) is 0 Å². The van der Waals surface area contributed by atoms with E-state index in [1.54, 1.807) is 5.06 Å². The molecule has 1 amide bonds. The Morgan fingerprint density at radius 2 is 1.70 bits per heavy atom. The van der Waals surface area contributed by atoms with Crippen LogP contribution in [0.2, 0.25) is 0 Å². The lowest BCUT2D eigenvalue weighted by Crippen LogP contribution is -3.00. The SMILES string of the molecule is CCN1OCC=C1NC(=O)C[N+]12CCC(CC1)[C@@H](OC(=O)C1c3ccccc3Oc3ccccc31)C2.[Br-]. The van der Waals surface area contributed by atoms with Crippen LogP contribution in [0.15, 0.2) is 60.4 Å². The number of para-hydroxylation sites is 2. The largest absolute Gasteiger partial charge is 1.00 e. The first kappa shape index (κ1) is 25.8. The second-order valence-corrected chi connectivity index (χ2v) is 10.2. The number of esters is 1. The molecule has 7 rings (SSSR count). The molecular formula is C28H32BrN3O5. The summed E-state index contributed by atoms with van der Waals surface area (Å²) in [6, 6.07) is 15.3. The predicted molar refractivity (Wildman–Crippen MR) is 132 cm³/mol. The van der Waals surface area contributed by atoms with Crippen molar-refractivity contribution in [3.8, 4) is 11.5 Å². The summed E-state index contributed by atoms with van der Waals surface area (Å²) in [5.74, 6) is 1.65. The zero-order chi connectivity index (χ0) is 24.7. The van der Waals surface area contributed by atoms with E-state index in [0.717, 1.165) is 37.1 Å². The summed E-state index contributed by atoms with van der Waals surface area (Å²) < 4.78 is 13.0. The molecule has 0 aliphatic carbocycles. The van der Waals surface area contributed by atoms with Crippen LogP contribution in [-0.4, -0.2) is 66.9 Å². The number of carbonyl (C=O) groups is 2. The zero-order valence-corrected chi connectivity index (χ0v) is 22.5. The van der Waals surface area contributed by atoms with E-state index in [9.17, 15) is 9.59 Å². The average Bonchev–Trinajstić information content (AvgIpc) is 3.34. The van der Waals surface area contributed by atoms with Crippen LogP contribution in [0.25, 0.3) is 0 Å². The maximum Gasteiger partial charge on any atom is 0.318 e. The summed E-state index contributed by atoms with van der Waals surface area (Å²) in [6.07, 6.45) is 3.60. The maximum atomic E-state index is 13.7. The highest BCUT2D eigenvalue weighted by molar-refractivity contribution is 5.85. The Hall–Kier alpha value is -2.88. The van der Waals surface area contributed by atoms with Crippen LogP contribution in [-0.2, 0) is 19.2 Å². The number of quaternary nitrogens is 1. The molecule has 0 radical (unpaired) electrons. The third-order valence-electron chi connectivity index (χ3n) is 8.03. The lowest BCUT2D eigenvalue weighted by molar-refractivity contribution is -0.939. The van der Waals surface area contributed by atoms with Crippen LogP contribution in [0.5, 0.6) is 11.5 Å². The quantitative estimate of drug-likeness (QED) is 0.398. The number of rotatable bonds is 6. The molecule has 9 heteroatoms. The Bertz CT molecular complexity index is 1160. The third kappa shape index (κ3) is 4.87. The number of ether oxygens (including phenoxy) is 2. The summed E-state index contributed by atoms with van der Waals surface area (Å²) in [4.78, 5) is 32.2. The van der Waals surface area contributed by atoms with Crippen molar-refractivity contribution in [2.45, 2.75) is 31.8 Å². The maximum absolute atomic E-state index is 13.7. The summed E-state index contributed by atoms with van der Waals surface area (Å²) in [5, 5.41) is 4.72. The van der Waals surface area contributed by atoms with Crippen LogP contribution < -0.4 is 27.0 Å². The molecule has 0 spiro atoms. The summed E-state index contributed by atoms with van der Waals surface area (Å²) >= 11 is 0. The zero-order valence-electron chi connectivity index (χ0n) is 20.9. The third-order valence-corrected chi connectivity index (χ3v) is 8.03. The molecule has 37 heavy (non-hydrogen) atoms. The van der Waals surface area contributed by atoms with Gasteiger partial charge in [-0.15, -0.1) is 0 Å². The van der Waals surface area contributed by atoms with Gasteiger partial charge in [-0.25, -0.2) is 5.06 Å². The molecule has 2 aromatic carbocycles. The molecule has 5 aliphatic rings. The molecule has 5 heterocycles. The van der Waals surface area contributed by atoms with Gasteiger partial charge < -0.3 is 36.3 Å². The van der Waals surface area contributed by atoms with Crippen LogP contribution >= 0.6 is 0 Å². The first-order chi connectivity index (χ1) is 17.5. The van der Waals surface area contributed by atoms with Gasteiger partial charge in [0, 0.05) is 36.4 Å². The first-order valence-corrected chi connectivity index (χ1v) is 12.9. The van der Waals surface area contributed by atoms with E-state index in [-0.39, 0.29) is 35.0 Å². The van der Waals surface area contributed by atoms with Gasteiger partial charge in [-0.2, -0.15) is 0 Å². The van der Waals surface area contributed by atoms with E-state index in [2.05, 4.69) is 5.32 Å². The number of fused-ring (bicyclic) bond motifs is 5. The molecule has 1 atom stereocenters. The Labute approximate surface area is 227 Å². The monoisotopic (exact) mass is 569 g/mol. The van der Waals surface area contributed by atoms with E-state index < -0.39 is 5.92 Å². The van der Waals surface area contributed by atoms with Gasteiger partial charge in [0.1, 0.15) is 29.8 Å². The van der Waals surface area contributed by atoms with Crippen LogP contribution in [0.1, 0.15) is 36.8 Å². The smallest absolute Gasteiger partial charge is 0.318 e. The number of hydrogen-bond donors (Lipinski definition) is 1. The highest BCUT2D eigenvalue weighted by Gasteiger charge is 2.49. The second kappa shape index (κ2) is 10.5. The Morgan fingerprint density at radius 3 is 2.35 bits per heavy atom.